The number of carbonyl (C=O) groups is 1. The molecular formula is C26H32N6O2. The van der Waals surface area contributed by atoms with Crippen molar-refractivity contribution in [3.8, 4) is 0 Å². The molecule has 2 aromatic carbocycles. The largest absolute Gasteiger partial charge is 0.383 e. The molecular weight excluding hydrogens is 428 g/mol. The Morgan fingerprint density at radius 2 is 1.91 bits per heavy atom. The number of benzene rings is 2. The first-order valence-electron chi connectivity index (χ1n) is 11.6. The van der Waals surface area contributed by atoms with Crippen molar-refractivity contribution in [2.45, 2.75) is 6.42 Å². The fourth-order valence-corrected chi connectivity index (χ4v) is 4.11. The van der Waals surface area contributed by atoms with Crippen LogP contribution in [0.25, 0.3) is 10.9 Å². The predicted octanol–water partition coefficient (Wildman–Crippen LogP) is 3.30. The number of ether oxygens (including phenoxy) is 1. The van der Waals surface area contributed by atoms with Crippen LogP contribution >= 0.6 is 0 Å². The van der Waals surface area contributed by atoms with Crippen LogP contribution < -0.4 is 10.6 Å². The maximum Gasteiger partial charge on any atom is 0.238 e. The van der Waals surface area contributed by atoms with Gasteiger partial charge in [0.1, 0.15) is 12.1 Å². The molecule has 0 atom stereocenters. The normalized spacial score (nSPS) is 14.7. The number of piperazine rings is 1. The van der Waals surface area contributed by atoms with E-state index in [1.807, 2.05) is 36.4 Å². The number of hydrogen-bond donors (Lipinski definition) is 2. The first-order chi connectivity index (χ1) is 16.6. The summed E-state index contributed by atoms with van der Waals surface area (Å²) in [7, 11) is 1.72. The van der Waals surface area contributed by atoms with Gasteiger partial charge in [-0.1, -0.05) is 18.2 Å². The topological polar surface area (TPSA) is 82.6 Å². The Kier molecular flexibility index (Phi) is 8.19. The van der Waals surface area contributed by atoms with E-state index in [0.717, 1.165) is 68.0 Å². The molecule has 2 N–H and O–H groups in total. The van der Waals surface area contributed by atoms with Gasteiger partial charge in [-0.15, -0.1) is 6.58 Å². The molecule has 3 aromatic rings. The van der Waals surface area contributed by atoms with E-state index in [2.05, 4.69) is 49.1 Å². The molecule has 0 bridgehead atoms. The van der Waals surface area contributed by atoms with Gasteiger partial charge in [0.2, 0.25) is 5.91 Å². The summed E-state index contributed by atoms with van der Waals surface area (Å²) in [5.41, 5.74) is 3.66. The van der Waals surface area contributed by atoms with Gasteiger partial charge in [0, 0.05) is 56.6 Å². The Bertz CT molecular complexity index is 1130. The zero-order valence-corrected chi connectivity index (χ0v) is 19.7. The number of carbonyl (C=O) groups excluding carboxylic acids is 1. The van der Waals surface area contributed by atoms with Gasteiger partial charge in [-0.2, -0.15) is 0 Å². The number of hydrogen-bond acceptors (Lipinski definition) is 7. The Labute approximate surface area is 200 Å². The standard InChI is InChI=1S/C26H32N6O2/c1-3-5-20-6-4-7-21(16-20)30-26-23-17-22(8-9-24(23)27-19-28-26)29-25(33)18-32-12-10-31(11-13-32)14-15-34-2/h3-4,6-9,16-17,19H,1,5,10-15,18H2,2H3,(H,29,33)(H,27,28,30). The molecule has 1 amide bonds. The van der Waals surface area contributed by atoms with Crippen molar-refractivity contribution >= 4 is 34.0 Å². The quantitative estimate of drug-likeness (QED) is 0.449. The lowest BCUT2D eigenvalue weighted by Gasteiger charge is -2.34. The minimum Gasteiger partial charge on any atom is -0.383 e. The van der Waals surface area contributed by atoms with Crippen LogP contribution in [0.1, 0.15) is 5.56 Å². The Balaban J connectivity index is 1.40. The van der Waals surface area contributed by atoms with Gasteiger partial charge in [0.15, 0.2) is 0 Å². The molecule has 8 nitrogen and oxygen atoms in total. The SMILES string of the molecule is C=CCc1cccc(Nc2ncnc3ccc(NC(=O)CN4CCN(CCOC)CC4)cc23)c1. The fourth-order valence-electron chi connectivity index (χ4n) is 4.11. The second kappa shape index (κ2) is 11.7. The molecule has 1 fully saturated rings. The number of methoxy groups -OCH3 is 1. The van der Waals surface area contributed by atoms with Gasteiger partial charge in [-0.25, -0.2) is 9.97 Å². The van der Waals surface area contributed by atoms with Crippen LogP contribution in [-0.4, -0.2) is 78.7 Å². The first kappa shape index (κ1) is 23.8. The van der Waals surface area contributed by atoms with Crippen molar-refractivity contribution in [1.29, 1.82) is 0 Å². The van der Waals surface area contributed by atoms with Crippen LogP contribution in [0, 0.1) is 0 Å². The van der Waals surface area contributed by atoms with Gasteiger partial charge in [-0.05, 0) is 42.3 Å². The van der Waals surface area contributed by atoms with Gasteiger partial charge < -0.3 is 15.4 Å². The predicted molar refractivity (Wildman–Crippen MR) is 137 cm³/mol. The second-order valence-electron chi connectivity index (χ2n) is 8.43. The van der Waals surface area contributed by atoms with E-state index in [4.69, 9.17) is 4.74 Å². The number of rotatable bonds is 10. The van der Waals surface area contributed by atoms with Gasteiger partial charge in [0.25, 0.3) is 0 Å². The molecule has 0 spiro atoms. The number of amides is 1. The molecule has 8 heteroatoms. The third-order valence-corrected chi connectivity index (χ3v) is 5.93. The van der Waals surface area contributed by atoms with Crippen LogP contribution in [-0.2, 0) is 16.0 Å². The molecule has 1 saturated heterocycles. The van der Waals surface area contributed by atoms with Crippen molar-refractivity contribution in [1.82, 2.24) is 19.8 Å². The average Bonchev–Trinajstić information content (AvgIpc) is 2.84. The zero-order chi connectivity index (χ0) is 23.8. The first-order valence-corrected chi connectivity index (χ1v) is 11.6. The monoisotopic (exact) mass is 460 g/mol. The second-order valence-corrected chi connectivity index (χ2v) is 8.43. The van der Waals surface area contributed by atoms with Crippen LogP contribution in [0.5, 0.6) is 0 Å². The Hall–Kier alpha value is -3.33. The summed E-state index contributed by atoms with van der Waals surface area (Å²) in [5, 5.41) is 7.27. The summed E-state index contributed by atoms with van der Waals surface area (Å²) in [6.45, 7) is 9.52. The lowest BCUT2D eigenvalue weighted by Crippen LogP contribution is -2.49. The maximum atomic E-state index is 12.7. The highest BCUT2D eigenvalue weighted by atomic mass is 16.5. The number of nitrogens with zero attached hydrogens (tertiary/aromatic N) is 4. The summed E-state index contributed by atoms with van der Waals surface area (Å²) in [6.07, 6.45) is 4.23. The zero-order valence-electron chi connectivity index (χ0n) is 19.7. The number of nitrogens with one attached hydrogen (secondary N) is 2. The molecule has 0 aliphatic carbocycles. The van der Waals surface area contributed by atoms with Crippen molar-refractivity contribution in [3.63, 3.8) is 0 Å². The Morgan fingerprint density at radius 1 is 1.09 bits per heavy atom. The Morgan fingerprint density at radius 3 is 2.71 bits per heavy atom. The maximum absolute atomic E-state index is 12.7. The van der Waals surface area contributed by atoms with Crippen molar-refractivity contribution in [3.05, 3.63) is 67.0 Å². The molecule has 1 aliphatic rings. The lowest BCUT2D eigenvalue weighted by atomic mass is 10.1. The van der Waals surface area contributed by atoms with E-state index in [9.17, 15) is 4.79 Å². The van der Waals surface area contributed by atoms with E-state index in [-0.39, 0.29) is 5.91 Å². The fraction of sp³-hybridized carbons (Fsp3) is 0.346. The number of fused-ring (bicyclic) bond motifs is 1. The highest BCUT2D eigenvalue weighted by Crippen LogP contribution is 2.26. The molecule has 4 rings (SSSR count). The van der Waals surface area contributed by atoms with E-state index in [1.165, 1.54) is 5.56 Å². The molecule has 34 heavy (non-hydrogen) atoms. The summed E-state index contributed by atoms with van der Waals surface area (Å²) in [5.74, 6) is 0.678. The van der Waals surface area contributed by atoms with Crippen LogP contribution in [0.2, 0.25) is 0 Å². The van der Waals surface area contributed by atoms with Crippen molar-refractivity contribution in [2.24, 2.45) is 0 Å². The van der Waals surface area contributed by atoms with Gasteiger partial charge in [-0.3, -0.25) is 14.6 Å². The van der Waals surface area contributed by atoms with E-state index in [0.29, 0.717) is 12.4 Å². The van der Waals surface area contributed by atoms with Crippen molar-refractivity contribution < 1.29 is 9.53 Å². The number of allylic oxidation sites excluding steroid dienone is 1. The average molecular weight is 461 g/mol. The van der Waals surface area contributed by atoms with Gasteiger partial charge >= 0.3 is 0 Å². The van der Waals surface area contributed by atoms with E-state index < -0.39 is 0 Å². The number of aromatic nitrogens is 2. The summed E-state index contributed by atoms with van der Waals surface area (Å²) in [4.78, 5) is 26.1. The molecule has 0 saturated carbocycles. The third kappa shape index (κ3) is 6.38. The molecule has 0 unspecified atom stereocenters. The number of anilines is 3. The minimum absolute atomic E-state index is 0.0202. The van der Waals surface area contributed by atoms with Crippen molar-refractivity contribution in [2.75, 3.05) is 63.6 Å². The lowest BCUT2D eigenvalue weighted by molar-refractivity contribution is -0.117. The van der Waals surface area contributed by atoms with Gasteiger partial charge in [0.05, 0.1) is 18.7 Å². The van der Waals surface area contributed by atoms with E-state index in [1.54, 1.807) is 13.4 Å². The summed E-state index contributed by atoms with van der Waals surface area (Å²) < 4.78 is 5.15. The molecule has 1 aromatic heterocycles. The van der Waals surface area contributed by atoms with Crippen LogP contribution in [0.4, 0.5) is 17.2 Å². The third-order valence-electron chi connectivity index (χ3n) is 5.93. The molecule has 2 heterocycles. The molecule has 178 valence electrons. The van der Waals surface area contributed by atoms with Crippen LogP contribution in [0.3, 0.4) is 0 Å². The molecule has 1 aliphatic heterocycles. The smallest absolute Gasteiger partial charge is 0.238 e. The summed E-state index contributed by atoms with van der Waals surface area (Å²) >= 11 is 0. The van der Waals surface area contributed by atoms with Crippen LogP contribution in [0.15, 0.2) is 61.4 Å². The van der Waals surface area contributed by atoms with E-state index >= 15 is 0 Å². The highest BCUT2D eigenvalue weighted by molar-refractivity contribution is 5.97. The summed E-state index contributed by atoms with van der Waals surface area (Å²) in [6, 6.07) is 13.9. The molecule has 0 radical (unpaired) electrons. The highest BCUT2D eigenvalue weighted by Gasteiger charge is 2.19. The minimum atomic E-state index is -0.0202.